The van der Waals surface area contributed by atoms with Gasteiger partial charge in [0, 0.05) is 38.8 Å². The van der Waals surface area contributed by atoms with Crippen molar-refractivity contribution in [1.82, 2.24) is 4.90 Å². The molecule has 5 nitrogen and oxygen atoms in total. The van der Waals surface area contributed by atoms with Crippen LogP contribution < -0.4 is 4.90 Å². The fraction of sp³-hybridized carbons (Fsp3) is 0.385. The Morgan fingerprint density at radius 2 is 1.83 bits per heavy atom. The molecule has 1 saturated heterocycles. The lowest BCUT2D eigenvalue weighted by atomic mass is 10.1. The Kier molecular flexibility index (Phi) is 3.50. The number of carbonyl (C=O) groups is 2. The van der Waals surface area contributed by atoms with Crippen LogP contribution in [0.4, 0.5) is 5.69 Å². The van der Waals surface area contributed by atoms with E-state index in [0.29, 0.717) is 18.7 Å². The van der Waals surface area contributed by atoms with E-state index in [0.717, 1.165) is 18.8 Å². The van der Waals surface area contributed by atoms with E-state index in [4.69, 9.17) is 5.11 Å². The van der Waals surface area contributed by atoms with Gasteiger partial charge in [0.25, 0.3) is 0 Å². The fourth-order valence-corrected chi connectivity index (χ4v) is 2.12. The van der Waals surface area contributed by atoms with E-state index in [2.05, 4.69) is 4.90 Å². The van der Waals surface area contributed by atoms with Gasteiger partial charge in [-0.3, -0.25) is 4.79 Å². The maximum Gasteiger partial charge on any atom is 0.335 e. The lowest BCUT2D eigenvalue weighted by molar-refractivity contribution is -0.129. The number of carboxylic acids is 1. The molecule has 0 radical (unpaired) electrons. The standard InChI is InChI=1S/C13H16N2O3/c1-10(16)14-5-7-15(8-6-14)12-4-2-3-11(9-12)13(17)18/h2-4,9H,5-8H2,1H3,(H,17,18). The molecule has 0 aromatic heterocycles. The number of benzene rings is 1. The molecular weight excluding hydrogens is 232 g/mol. The molecule has 1 aromatic rings. The van der Waals surface area contributed by atoms with Crippen molar-refractivity contribution in [1.29, 1.82) is 0 Å². The van der Waals surface area contributed by atoms with Crippen LogP contribution in [0.1, 0.15) is 17.3 Å². The van der Waals surface area contributed by atoms with E-state index < -0.39 is 5.97 Å². The van der Waals surface area contributed by atoms with Gasteiger partial charge in [0.05, 0.1) is 5.56 Å². The third kappa shape index (κ3) is 2.61. The second-order valence-corrected chi connectivity index (χ2v) is 4.35. The van der Waals surface area contributed by atoms with E-state index in [-0.39, 0.29) is 5.91 Å². The summed E-state index contributed by atoms with van der Waals surface area (Å²) in [5.74, 6) is -0.826. The van der Waals surface area contributed by atoms with Crippen molar-refractivity contribution < 1.29 is 14.7 Å². The summed E-state index contributed by atoms with van der Waals surface area (Å²) in [7, 11) is 0. The van der Waals surface area contributed by atoms with Gasteiger partial charge in [-0.25, -0.2) is 4.79 Å². The first-order valence-corrected chi connectivity index (χ1v) is 5.92. The molecule has 1 N–H and O–H groups in total. The highest BCUT2D eigenvalue weighted by Gasteiger charge is 2.19. The molecule has 96 valence electrons. The zero-order valence-corrected chi connectivity index (χ0v) is 10.3. The molecule has 1 aliphatic heterocycles. The lowest BCUT2D eigenvalue weighted by Gasteiger charge is -2.35. The van der Waals surface area contributed by atoms with Crippen LogP contribution in [0.3, 0.4) is 0 Å². The molecule has 2 rings (SSSR count). The lowest BCUT2D eigenvalue weighted by Crippen LogP contribution is -2.48. The second kappa shape index (κ2) is 5.08. The number of anilines is 1. The summed E-state index contributed by atoms with van der Waals surface area (Å²) in [5, 5.41) is 8.95. The number of rotatable bonds is 2. The van der Waals surface area contributed by atoms with Gasteiger partial charge in [-0.1, -0.05) is 6.07 Å². The predicted molar refractivity (Wildman–Crippen MR) is 67.9 cm³/mol. The Balaban J connectivity index is 2.07. The first-order valence-electron chi connectivity index (χ1n) is 5.92. The first-order chi connectivity index (χ1) is 8.58. The van der Waals surface area contributed by atoms with Gasteiger partial charge in [-0.2, -0.15) is 0 Å². The Morgan fingerprint density at radius 3 is 2.39 bits per heavy atom. The minimum Gasteiger partial charge on any atom is -0.478 e. The minimum atomic E-state index is -0.917. The highest BCUT2D eigenvalue weighted by atomic mass is 16.4. The molecule has 5 heteroatoms. The van der Waals surface area contributed by atoms with Crippen LogP contribution in [0.2, 0.25) is 0 Å². The molecule has 0 unspecified atom stereocenters. The van der Waals surface area contributed by atoms with Crippen LogP contribution in [0, 0.1) is 0 Å². The number of hydrogen-bond donors (Lipinski definition) is 1. The van der Waals surface area contributed by atoms with Crippen molar-refractivity contribution in [2.45, 2.75) is 6.92 Å². The monoisotopic (exact) mass is 248 g/mol. The van der Waals surface area contributed by atoms with Gasteiger partial charge >= 0.3 is 5.97 Å². The van der Waals surface area contributed by atoms with Crippen LogP contribution in [-0.4, -0.2) is 48.1 Å². The maximum atomic E-state index is 11.2. The highest BCUT2D eigenvalue weighted by molar-refractivity contribution is 5.88. The summed E-state index contributed by atoms with van der Waals surface area (Å²) in [6.45, 7) is 4.42. The molecule has 0 spiro atoms. The number of nitrogens with zero attached hydrogens (tertiary/aromatic N) is 2. The summed E-state index contributed by atoms with van der Waals surface area (Å²) < 4.78 is 0. The molecule has 1 fully saturated rings. The van der Waals surface area contributed by atoms with E-state index in [1.807, 2.05) is 6.07 Å². The van der Waals surface area contributed by atoms with Crippen LogP contribution in [0.15, 0.2) is 24.3 Å². The SMILES string of the molecule is CC(=O)N1CCN(c2cccc(C(=O)O)c2)CC1. The van der Waals surface area contributed by atoms with Gasteiger partial charge in [0.1, 0.15) is 0 Å². The largest absolute Gasteiger partial charge is 0.478 e. The van der Waals surface area contributed by atoms with Gasteiger partial charge in [0.15, 0.2) is 0 Å². The summed E-state index contributed by atoms with van der Waals surface area (Å²) in [4.78, 5) is 26.0. The Morgan fingerprint density at radius 1 is 1.17 bits per heavy atom. The molecular formula is C13H16N2O3. The number of amides is 1. The normalized spacial score (nSPS) is 15.6. The number of piperazine rings is 1. The molecule has 0 atom stereocenters. The average molecular weight is 248 g/mol. The van der Waals surface area contributed by atoms with Crippen LogP contribution in [0.5, 0.6) is 0 Å². The zero-order chi connectivity index (χ0) is 13.1. The van der Waals surface area contributed by atoms with Crippen molar-refractivity contribution in [3.8, 4) is 0 Å². The number of aromatic carboxylic acids is 1. The average Bonchev–Trinajstić information content (AvgIpc) is 2.39. The van der Waals surface area contributed by atoms with Crippen molar-refractivity contribution in [3.05, 3.63) is 29.8 Å². The third-order valence-corrected chi connectivity index (χ3v) is 3.18. The molecule has 0 aliphatic carbocycles. The first kappa shape index (κ1) is 12.4. The molecule has 0 saturated carbocycles. The predicted octanol–water partition coefficient (Wildman–Crippen LogP) is 1.05. The van der Waals surface area contributed by atoms with Gasteiger partial charge in [0.2, 0.25) is 5.91 Å². The van der Waals surface area contributed by atoms with Gasteiger partial charge < -0.3 is 14.9 Å². The summed E-state index contributed by atoms with van der Waals surface area (Å²) in [5.41, 5.74) is 1.19. The van der Waals surface area contributed by atoms with E-state index >= 15 is 0 Å². The quantitative estimate of drug-likeness (QED) is 0.850. The number of carbonyl (C=O) groups excluding carboxylic acids is 1. The van der Waals surface area contributed by atoms with Crippen molar-refractivity contribution in [2.24, 2.45) is 0 Å². The second-order valence-electron chi connectivity index (χ2n) is 4.35. The van der Waals surface area contributed by atoms with E-state index in [9.17, 15) is 9.59 Å². The summed E-state index contributed by atoms with van der Waals surface area (Å²) >= 11 is 0. The summed E-state index contributed by atoms with van der Waals surface area (Å²) in [6.07, 6.45) is 0. The van der Waals surface area contributed by atoms with Crippen molar-refractivity contribution in [2.75, 3.05) is 31.1 Å². The van der Waals surface area contributed by atoms with Gasteiger partial charge in [-0.15, -0.1) is 0 Å². The van der Waals surface area contributed by atoms with E-state index in [1.165, 1.54) is 0 Å². The smallest absolute Gasteiger partial charge is 0.335 e. The fourth-order valence-electron chi connectivity index (χ4n) is 2.12. The van der Waals surface area contributed by atoms with E-state index in [1.54, 1.807) is 30.0 Å². The zero-order valence-electron chi connectivity index (χ0n) is 10.3. The Bertz CT molecular complexity index is 465. The molecule has 1 aromatic carbocycles. The Hall–Kier alpha value is -2.04. The van der Waals surface area contributed by atoms with Crippen LogP contribution in [0.25, 0.3) is 0 Å². The molecule has 1 aliphatic rings. The summed E-state index contributed by atoms with van der Waals surface area (Å²) in [6, 6.07) is 6.90. The number of hydrogen-bond acceptors (Lipinski definition) is 3. The molecule has 18 heavy (non-hydrogen) atoms. The Labute approximate surface area is 106 Å². The highest BCUT2D eigenvalue weighted by Crippen LogP contribution is 2.18. The molecule has 1 heterocycles. The molecule has 1 amide bonds. The minimum absolute atomic E-state index is 0.0916. The maximum absolute atomic E-state index is 11.2. The number of carboxylic acid groups (broad SMARTS) is 1. The van der Waals surface area contributed by atoms with Crippen molar-refractivity contribution >= 4 is 17.6 Å². The van der Waals surface area contributed by atoms with Crippen molar-refractivity contribution in [3.63, 3.8) is 0 Å². The van der Waals surface area contributed by atoms with Gasteiger partial charge in [-0.05, 0) is 18.2 Å². The van der Waals surface area contributed by atoms with Crippen LogP contribution in [-0.2, 0) is 4.79 Å². The third-order valence-electron chi connectivity index (χ3n) is 3.18. The van der Waals surface area contributed by atoms with Crippen LogP contribution >= 0.6 is 0 Å². The molecule has 0 bridgehead atoms. The topological polar surface area (TPSA) is 60.9 Å².